The Morgan fingerprint density at radius 2 is 1.77 bits per heavy atom. The van der Waals surface area contributed by atoms with Crippen molar-refractivity contribution in [2.24, 2.45) is 0 Å². The molecule has 0 aromatic rings. The van der Waals surface area contributed by atoms with Crippen LogP contribution in [0, 0.1) is 0 Å². The minimum absolute atomic E-state index is 0.199. The number of aliphatic carboxylic acids is 1. The fraction of sp³-hybridized carbons (Fsp3) is 0.889. The lowest BCUT2D eigenvalue weighted by Crippen LogP contribution is -1.98. The summed E-state index contributed by atoms with van der Waals surface area (Å²) >= 11 is 1.45. The van der Waals surface area contributed by atoms with Crippen molar-refractivity contribution < 1.29 is 14.3 Å². The number of hydrogen-bond donors (Lipinski definition) is 1. The smallest absolute Gasteiger partial charge is 0.313 e. The molecule has 0 aromatic heterocycles. The third-order valence-corrected chi connectivity index (χ3v) is 2.68. The van der Waals surface area contributed by atoms with Crippen LogP contribution in [0.2, 0.25) is 0 Å². The van der Waals surface area contributed by atoms with Gasteiger partial charge in [-0.15, -0.1) is 0 Å². The number of carbonyl (C=O) groups is 1. The summed E-state index contributed by atoms with van der Waals surface area (Å²) in [6.07, 6.45) is 4.83. The Morgan fingerprint density at radius 3 is 2.38 bits per heavy atom. The normalized spacial score (nSPS) is 10.2. The van der Waals surface area contributed by atoms with E-state index < -0.39 is 5.97 Å². The summed E-state index contributed by atoms with van der Waals surface area (Å²) in [7, 11) is 0. The van der Waals surface area contributed by atoms with E-state index in [1.54, 1.807) is 0 Å². The summed E-state index contributed by atoms with van der Waals surface area (Å²) in [4.78, 5) is 10.1. The summed E-state index contributed by atoms with van der Waals surface area (Å²) in [5.41, 5.74) is 0. The number of alkyl halides is 1. The number of unbranched alkanes of at least 4 members (excludes halogenated alkanes) is 4. The molecule has 0 amide bonds. The van der Waals surface area contributed by atoms with Crippen molar-refractivity contribution >= 4 is 17.7 Å². The minimum Gasteiger partial charge on any atom is -0.481 e. The molecule has 0 aliphatic heterocycles. The molecule has 0 saturated carbocycles. The lowest BCUT2D eigenvalue weighted by molar-refractivity contribution is -0.133. The molecule has 78 valence electrons. The molecule has 0 spiro atoms. The monoisotopic (exact) mass is 208 g/mol. The van der Waals surface area contributed by atoms with Gasteiger partial charge in [-0.3, -0.25) is 9.18 Å². The summed E-state index contributed by atoms with van der Waals surface area (Å²) in [6.45, 7) is -0.215. The van der Waals surface area contributed by atoms with Gasteiger partial charge in [0.05, 0.1) is 12.4 Å². The standard InChI is InChI=1S/C9H17FO2S/c10-6-4-2-1-3-5-7-13-8-9(11)12/h1-8H2,(H,11,12). The molecule has 0 radical (unpaired) electrons. The van der Waals surface area contributed by atoms with Gasteiger partial charge in [-0.2, -0.15) is 11.8 Å². The lowest BCUT2D eigenvalue weighted by atomic mass is 10.2. The number of hydrogen-bond acceptors (Lipinski definition) is 2. The molecule has 0 aromatic carbocycles. The fourth-order valence-corrected chi connectivity index (χ4v) is 1.72. The predicted molar refractivity (Wildman–Crippen MR) is 54.0 cm³/mol. The summed E-state index contributed by atoms with van der Waals surface area (Å²) in [5.74, 6) is 0.356. The van der Waals surface area contributed by atoms with Crippen LogP contribution < -0.4 is 0 Å². The highest BCUT2D eigenvalue weighted by Crippen LogP contribution is 2.08. The molecule has 2 nitrogen and oxygen atoms in total. The highest BCUT2D eigenvalue weighted by atomic mass is 32.2. The number of rotatable bonds is 9. The molecular formula is C9H17FO2S. The van der Waals surface area contributed by atoms with Crippen LogP contribution in [0.15, 0.2) is 0 Å². The minimum atomic E-state index is -0.748. The Kier molecular flexibility index (Phi) is 9.65. The van der Waals surface area contributed by atoms with Gasteiger partial charge in [0.1, 0.15) is 0 Å². The lowest BCUT2D eigenvalue weighted by Gasteiger charge is -1.99. The van der Waals surface area contributed by atoms with Crippen LogP contribution in [0.5, 0.6) is 0 Å². The molecule has 0 atom stereocenters. The van der Waals surface area contributed by atoms with Gasteiger partial charge in [0.25, 0.3) is 0 Å². The van der Waals surface area contributed by atoms with E-state index in [1.807, 2.05) is 0 Å². The largest absolute Gasteiger partial charge is 0.481 e. The van der Waals surface area contributed by atoms with E-state index in [0.29, 0.717) is 6.42 Å². The maximum Gasteiger partial charge on any atom is 0.313 e. The van der Waals surface area contributed by atoms with Crippen LogP contribution in [0.25, 0.3) is 0 Å². The molecule has 13 heavy (non-hydrogen) atoms. The molecule has 0 unspecified atom stereocenters. The van der Waals surface area contributed by atoms with E-state index in [1.165, 1.54) is 11.8 Å². The van der Waals surface area contributed by atoms with Crippen LogP contribution in [-0.2, 0) is 4.79 Å². The van der Waals surface area contributed by atoms with Crippen molar-refractivity contribution in [3.05, 3.63) is 0 Å². The Balaban J connectivity index is 2.87. The van der Waals surface area contributed by atoms with Gasteiger partial charge in [0, 0.05) is 0 Å². The van der Waals surface area contributed by atoms with Gasteiger partial charge in [-0.05, 0) is 18.6 Å². The summed E-state index contributed by atoms with van der Waals surface area (Å²) in [5, 5.41) is 8.32. The van der Waals surface area contributed by atoms with Crippen LogP contribution >= 0.6 is 11.8 Å². The Morgan fingerprint density at radius 1 is 1.15 bits per heavy atom. The van der Waals surface area contributed by atoms with Gasteiger partial charge in [-0.1, -0.05) is 19.3 Å². The molecule has 4 heteroatoms. The Bertz CT molecular complexity index is 131. The van der Waals surface area contributed by atoms with E-state index in [4.69, 9.17) is 5.11 Å². The molecule has 0 bridgehead atoms. The van der Waals surface area contributed by atoms with E-state index in [0.717, 1.165) is 31.4 Å². The van der Waals surface area contributed by atoms with Crippen molar-refractivity contribution in [1.82, 2.24) is 0 Å². The van der Waals surface area contributed by atoms with E-state index >= 15 is 0 Å². The van der Waals surface area contributed by atoms with Gasteiger partial charge < -0.3 is 5.11 Å². The van der Waals surface area contributed by atoms with Gasteiger partial charge in [0.2, 0.25) is 0 Å². The zero-order chi connectivity index (χ0) is 9.94. The average molecular weight is 208 g/mol. The summed E-state index contributed by atoms with van der Waals surface area (Å²) < 4.78 is 11.6. The fourth-order valence-electron chi connectivity index (χ4n) is 0.988. The van der Waals surface area contributed by atoms with Crippen molar-refractivity contribution in [1.29, 1.82) is 0 Å². The van der Waals surface area contributed by atoms with Crippen molar-refractivity contribution in [3.8, 4) is 0 Å². The van der Waals surface area contributed by atoms with E-state index in [2.05, 4.69) is 0 Å². The van der Waals surface area contributed by atoms with Crippen LogP contribution in [0.1, 0.15) is 32.1 Å². The second-order valence-electron chi connectivity index (χ2n) is 2.90. The zero-order valence-corrected chi connectivity index (χ0v) is 8.62. The van der Waals surface area contributed by atoms with Gasteiger partial charge >= 0.3 is 5.97 Å². The van der Waals surface area contributed by atoms with Crippen LogP contribution in [0.4, 0.5) is 4.39 Å². The molecule has 0 fully saturated rings. The second-order valence-corrected chi connectivity index (χ2v) is 4.01. The number of thioether (sulfide) groups is 1. The van der Waals surface area contributed by atoms with Crippen LogP contribution in [-0.4, -0.2) is 29.3 Å². The maximum absolute atomic E-state index is 11.6. The zero-order valence-electron chi connectivity index (χ0n) is 7.80. The number of halogens is 1. The molecule has 0 aliphatic rings. The average Bonchev–Trinajstić information content (AvgIpc) is 2.09. The summed E-state index contributed by atoms with van der Waals surface area (Å²) in [6, 6.07) is 0. The SMILES string of the molecule is O=C(O)CSCCCCCCCF. The van der Waals surface area contributed by atoms with E-state index in [-0.39, 0.29) is 12.4 Å². The van der Waals surface area contributed by atoms with Crippen LogP contribution in [0.3, 0.4) is 0 Å². The Hall–Kier alpha value is -0.250. The quantitative estimate of drug-likeness (QED) is 0.592. The molecule has 1 N–H and O–H groups in total. The first-order valence-corrected chi connectivity index (χ1v) is 5.78. The van der Waals surface area contributed by atoms with Crippen molar-refractivity contribution in [3.63, 3.8) is 0 Å². The number of carboxylic acid groups (broad SMARTS) is 1. The van der Waals surface area contributed by atoms with Crippen molar-refractivity contribution in [2.75, 3.05) is 18.2 Å². The molecule has 0 aliphatic carbocycles. The van der Waals surface area contributed by atoms with Gasteiger partial charge in [-0.25, -0.2) is 0 Å². The van der Waals surface area contributed by atoms with E-state index in [9.17, 15) is 9.18 Å². The molecule has 0 rings (SSSR count). The first-order chi connectivity index (χ1) is 6.27. The predicted octanol–water partition coefficient (Wildman–Crippen LogP) is 2.72. The van der Waals surface area contributed by atoms with Gasteiger partial charge in [0.15, 0.2) is 0 Å². The topological polar surface area (TPSA) is 37.3 Å². The highest BCUT2D eigenvalue weighted by molar-refractivity contribution is 7.99. The first kappa shape index (κ1) is 12.8. The highest BCUT2D eigenvalue weighted by Gasteiger charge is 1.96. The number of carboxylic acids is 1. The third kappa shape index (κ3) is 11.8. The molecule has 0 heterocycles. The third-order valence-electron chi connectivity index (χ3n) is 1.65. The first-order valence-electron chi connectivity index (χ1n) is 4.63. The van der Waals surface area contributed by atoms with Crippen molar-refractivity contribution in [2.45, 2.75) is 32.1 Å². The Labute approximate surface area is 82.9 Å². The maximum atomic E-state index is 11.6. The second kappa shape index (κ2) is 9.84. The molecular weight excluding hydrogens is 191 g/mol. The molecule has 0 saturated heterocycles.